The van der Waals surface area contributed by atoms with Gasteiger partial charge in [0.25, 0.3) is 15.8 Å². The second-order valence-corrected chi connectivity index (χ2v) is 9.98. The number of nitrogens with one attached hydrogen (secondary N) is 3. The number of hydrogen-bond acceptors (Lipinski definition) is 8. The molecule has 0 atom stereocenters. The number of anilines is 4. The third-order valence-electron chi connectivity index (χ3n) is 5.69. The Bertz CT molecular complexity index is 1400. The fourth-order valence-corrected chi connectivity index (χ4v) is 4.21. The van der Waals surface area contributed by atoms with Gasteiger partial charge in [0.1, 0.15) is 11.2 Å². The van der Waals surface area contributed by atoms with E-state index in [0.29, 0.717) is 28.6 Å². The number of aromatic nitrogens is 5. The van der Waals surface area contributed by atoms with Crippen molar-refractivity contribution in [1.29, 1.82) is 0 Å². The Balaban J connectivity index is 1.42. The average Bonchev–Trinajstić information content (AvgIpc) is 3.32. The van der Waals surface area contributed by atoms with E-state index in [2.05, 4.69) is 42.3 Å². The molecule has 0 bridgehead atoms. The minimum Gasteiger partial charge on any atom is -0.378 e. The summed E-state index contributed by atoms with van der Waals surface area (Å²) in [5.74, 6) is 0.853. The van der Waals surface area contributed by atoms with E-state index in [-0.39, 0.29) is 0 Å². The lowest BCUT2D eigenvalue weighted by molar-refractivity contribution is -0.361. The number of ether oxygens (including phenoxy) is 1. The predicted octanol–water partition coefficient (Wildman–Crippen LogP) is 1.81. The lowest BCUT2D eigenvalue weighted by Crippen LogP contribution is -2.36. The number of imidazole rings is 1. The fraction of sp³-hybridized carbons (Fsp3) is 0.273. The zero-order chi connectivity index (χ0) is 23.7. The lowest BCUT2D eigenvalue weighted by atomic mass is 10.2. The number of morpholine rings is 1. The molecule has 11 nitrogen and oxygen atoms in total. The first-order chi connectivity index (χ1) is 16.4. The summed E-state index contributed by atoms with van der Waals surface area (Å²) in [5, 5.41) is 3.26. The molecule has 1 aliphatic heterocycles. The van der Waals surface area contributed by atoms with Gasteiger partial charge in [0, 0.05) is 36.1 Å². The summed E-state index contributed by atoms with van der Waals surface area (Å²) in [6.07, 6.45) is 4.43. The molecule has 0 aliphatic carbocycles. The number of aromatic amines is 2. The number of hydrogen-bond donors (Lipinski definition) is 2. The summed E-state index contributed by atoms with van der Waals surface area (Å²) >= 11 is 0. The van der Waals surface area contributed by atoms with Gasteiger partial charge in [0.15, 0.2) is 5.65 Å². The van der Waals surface area contributed by atoms with Crippen molar-refractivity contribution in [1.82, 2.24) is 19.9 Å². The highest BCUT2D eigenvalue weighted by molar-refractivity contribution is 7.92. The Morgan fingerprint density at radius 3 is 2.56 bits per heavy atom. The fourth-order valence-electron chi connectivity index (χ4n) is 3.74. The zero-order valence-electron chi connectivity index (χ0n) is 18.8. The maximum absolute atomic E-state index is 11.8. The highest BCUT2D eigenvalue weighted by Gasteiger charge is 2.21. The minimum atomic E-state index is -3.37. The molecule has 3 aromatic heterocycles. The van der Waals surface area contributed by atoms with Gasteiger partial charge in [-0.2, -0.15) is 17.7 Å². The van der Waals surface area contributed by atoms with Crippen molar-refractivity contribution in [2.75, 3.05) is 54.1 Å². The van der Waals surface area contributed by atoms with Crippen molar-refractivity contribution in [2.24, 2.45) is 0 Å². The van der Waals surface area contributed by atoms with E-state index in [1.54, 1.807) is 24.7 Å². The van der Waals surface area contributed by atoms with Gasteiger partial charge in [0.05, 0.1) is 39.0 Å². The molecule has 1 saturated heterocycles. The zero-order valence-corrected chi connectivity index (χ0v) is 19.6. The third kappa shape index (κ3) is 4.50. The molecule has 0 spiro atoms. The first kappa shape index (κ1) is 22.0. The summed E-state index contributed by atoms with van der Waals surface area (Å²) < 4.78 is 30.2. The number of nitrogens with zero attached hydrogens (tertiary/aromatic N) is 5. The van der Waals surface area contributed by atoms with Gasteiger partial charge in [-0.25, -0.2) is 15.0 Å². The van der Waals surface area contributed by atoms with Crippen LogP contribution in [0, 0.1) is 0 Å². The van der Waals surface area contributed by atoms with Crippen LogP contribution in [-0.2, 0) is 14.8 Å². The Morgan fingerprint density at radius 2 is 1.88 bits per heavy atom. The van der Waals surface area contributed by atoms with Crippen LogP contribution in [0.25, 0.3) is 22.4 Å². The Kier molecular flexibility index (Phi) is 5.75. The molecule has 1 fully saturated rings. The van der Waals surface area contributed by atoms with Crippen LogP contribution >= 0.6 is 0 Å². The predicted molar refractivity (Wildman–Crippen MR) is 130 cm³/mol. The minimum absolute atomic E-state index is 0.408. The molecule has 12 heteroatoms. The maximum atomic E-state index is 11.8. The highest BCUT2D eigenvalue weighted by atomic mass is 32.2. The van der Waals surface area contributed by atoms with Crippen LogP contribution in [0.4, 0.5) is 23.1 Å². The van der Waals surface area contributed by atoms with Gasteiger partial charge >= 0.3 is 0 Å². The second-order valence-electron chi connectivity index (χ2n) is 7.96. The van der Waals surface area contributed by atoms with Crippen LogP contribution in [0.2, 0.25) is 0 Å². The van der Waals surface area contributed by atoms with Crippen LogP contribution in [0.5, 0.6) is 0 Å². The van der Waals surface area contributed by atoms with Gasteiger partial charge in [-0.1, -0.05) is 0 Å². The first-order valence-corrected chi connectivity index (χ1v) is 12.6. The SMILES string of the molecule is CN(c1ccc(-c2nc(Nc3ccc(N4CCOCC4)cc3)nc3nc[nH]c23)c[nH+]1)S(C)(=O)=O. The molecule has 5 rings (SSSR count). The number of rotatable bonds is 6. The molecular formula is C22H25N8O3S+. The average molecular weight is 482 g/mol. The molecule has 176 valence electrons. The van der Waals surface area contributed by atoms with Crippen LogP contribution < -0.4 is 19.5 Å². The van der Waals surface area contributed by atoms with E-state index in [1.165, 1.54) is 11.4 Å². The topological polar surface area (TPSA) is 130 Å². The van der Waals surface area contributed by atoms with Crippen molar-refractivity contribution in [3.8, 4) is 11.3 Å². The molecule has 1 aliphatic rings. The number of sulfonamides is 1. The van der Waals surface area contributed by atoms with E-state index < -0.39 is 10.0 Å². The molecular weight excluding hydrogens is 456 g/mol. The summed E-state index contributed by atoms with van der Waals surface area (Å²) in [4.78, 5) is 21.9. The van der Waals surface area contributed by atoms with E-state index in [4.69, 9.17) is 9.72 Å². The Labute approximate surface area is 196 Å². The molecule has 4 heterocycles. The normalized spacial score (nSPS) is 14.4. The standard InChI is InChI=1S/C22H24N8O3S/c1-29(34(2,31)32)18-8-3-15(13-23-18)19-20-21(25-14-24-20)28-22(27-19)26-16-4-6-17(7-5-16)30-9-11-33-12-10-30/h3-8,13-14H,9-12H2,1-2H3,(H2,24,25,26,27,28)/p+1. The molecule has 1 aromatic carbocycles. The second kappa shape index (κ2) is 8.88. The smallest absolute Gasteiger partial charge is 0.297 e. The molecule has 34 heavy (non-hydrogen) atoms. The van der Waals surface area contributed by atoms with E-state index in [1.807, 2.05) is 12.1 Å². The third-order valence-corrected chi connectivity index (χ3v) is 6.88. The first-order valence-electron chi connectivity index (χ1n) is 10.8. The van der Waals surface area contributed by atoms with Crippen molar-refractivity contribution < 1.29 is 18.1 Å². The lowest BCUT2D eigenvalue weighted by Gasteiger charge is -2.28. The Morgan fingerprint density at radius 1 is 1.12 bits per heavy atom. The number of pyridine rings is 1. The van der Waals surface area contributed by atoms with Crippen LogP contribution in [0.1, 0.15) is 0 Å². The quantitative estimate of drug-likeness (QED) is 0.426. The van der Waals surface area contributed by atoms with Crippen LogP contribution in [0.15, 0.2) is 48.9 Å². The van der Waals surface area contributed by atoms with Crippen molar-refractivity contribution in [3.05, 3.63) is 48.9 Å². The van der Waals surface area contributed by atoms with Gasteiger partial charge < -0.3 is 19.9 Å². The molecule has 4 aromatic rings. The van der Waals surface area contributed by atoms with Crippen LogP contribution in [0.3, 0.4) is 0 Å². The molecule has 0 radical (unpaired) electrons. The van der Waals surface area contributed by atoms with Gasteiger partial charge in [-0.15, -0.1) is 0 Å². The number of H-pyrrole nitrogens is 2. The van der Waals surface area contributed by atoms with E-state index >= 15 is 0 Å². The summed E-state index contributed by atoms with van der Waals surface area (Å²) in [6.45, 7) is 3.24. The molecule has 3 N–H and O–H groups in total. The highest BCUT2D eigenvalue weighted by Crippen LogP contribution is 2.27. The van der Waals surface area contributed by atoms with Crippen molar-refractivity contribution in [2.45, 2.75) is 0 Å². The van der Waals surface area contributed by atoms with Crippen molar-refractivity contribution in [3.63, 3.8) is 0 Å². The summed E-state index contributed by atoms with van der Waals surface area (Å²) in [7, 11) is -1.88. The number of benzene rings is 1. The summed E-state index contributed by atoms with van der Waals surface area (Å²) in [5.41, 5.74) is 4.61. The monoisotopic (exact) mass is 481 g/mol. The van der Waals surface area contributed by atoms with Gasteiger partial charge in [0.2, 0.25) is 5.95 Å². The largest absolute Gasteiger partial charge is 0.378 e. The van der Waals surface area contributed by atoms with Crippen molar-refractivity contribution >= 4 is 44.3 Å². The Hall–Kier alpha value is -3.77. The van der Waals surface area contributed by atoms with Gasteiger partial charge in [-0.05, 0) is 30.3 Å². The van der Waals surface area contributed by atoms with E-state index in [9.17, 15) is 8.42 Å². The number of fused-ring (bicyclic) bond motifs is 1. The van der Waals surface area contributed by atoms with Crippen LogP contribution in [-0.4, -0.2) is 68.0 Å². The molecule has 0 unspecified atom stereocenters. The molecule has 0 saturated carbocycles. The van der Waals surface area contributed by atoms with E-state index in [0.717, 1.165) is 49.5 Å². The van der Waals surface area contributed by atoms with Gasteiger partial charge in [-0.3, -0.25) is 0 Å². The molecule has 0 amide bonds. The maximum Gasteiger partial charge on any atom is 0.297 e. The summed E-state index contributed by atoms with van der Waals surface area (Å²) in [6, 6.07) is 11.6.